The third kappa shape index (κ3) is 4.84. The van der Waals surface area contributed by atoms with Gasteiger partial charge in [0.2, 0.25) is 0 Å². The van der Waals surface area contributed by atoms with E-state index in [1.165, 1.54) is 48.9 Å². The van der Waals surface area contributed by atoms with Gasteiger partial charge in [-0.1, -0.05) is 146 Å². The molecule has 0 N–H and O–H groups in total. The van der Waals surface area contributed by atoms with Crippen molar-refractivity contribution in [1.29, 1.82) is 0 Å². The second-order valence-corrected chi connectivity index (χ2v) is 14.8. The summed E-state index contributed by atoms with van der Waals surface area (Å²) in [5, 5.41) is 7.35. The highest BCUT2D eigenvalue weighted by Gasteiger charge is 2.20. The van der Waals surface area contributed by atoms with Gasteiger partial charge in [0.1, 0.15) is 5.82 Å². The van der Waals surface area contributed by atoms with Gasteiger partial charge in [-0.05, 0) is 71.8 Å². The van der Waals surface area contributed by atoms with Crippen molar-refractivity contribution in [2.24, 2.45) is 0 Å². The first kappa shape index (κ1) is 31.6. The number of hydrogen-bond donors (Lipinski definition) is 0. The van der Waals surface area contributed by atoms with Crippen LogP contribution in [0.2, 0.25) is 0 Å². The number of fused-ring (bicyclic) bond motifs is 9. The van der Waals surface area contributed by atoms with Crippen LogP contribution in [0.4, 0.5) is 0 Å². The summed E-state index contributed by atoms with van der Waals surface area (Å²) in [4.78, 5) is 5.41. The van der Waals surface area contributed by atoms with Gasteiger partial charge in [-0.25, -0.2) is 4.98 Å². The number of para-hydroxylation sites is 4. The van der Waals surface area contributed by atoms with Crippen LogP contribution in [0.25, 0.3) is 105 Å². The molecule has 0 fully saturated rings. The predicted molar refractivity (Wildman–Crippen MR) is 238 cm³/mol. The van der Waals surface area contributed by atoms with Crippen LogP contribution in [0.5, 0.6) is 0 Å². The minimum atomic E-state index is 0.884. The van der Waals surface area contributed by atoms with Crippen LogP contribution in [0.15, 0.2) is 206 Å². The van der Waals surface area contributed by atoms with Crippen LogP contribution in [0.3, 0.4) is 0 Å². The lowest BCUT2D eigenvalue weighted by Crippen LogP contribution is -2.01. The Morgan fingerprint density at radius 1 is 0.263 bits per heavy atom. The minimum absolute atomic E-state index is 0.884. The average molecular weight is 727 g/mol. The standard InChI is InChI=1S/C53H34N4/c1-3-15-35(16-4-1)37-31-46(36-17-5-2-6-18-36)54-53(32-37)57-50-26-14-10-22-43(50)45-30-28-39(34-52(45)57)56-49-25-13-9-21-42(49)44-29-27-38(33-51(44)56)55-47-23-11-7-19-40(47)41-20-8-12-24-48(41)55/h1-34H. The monoisotopic (exact) mass is 726 g/mol. The van der Waals surface area contributed by atoms with Gasteiger partial charge in [-0.2, -0.15) is 0 Å². The van der Waals surface area contributed by atoms with E-state index in [2.05, 4.69) is 220 Å². The number of rotatable bonds is 5. The normalized spacial score (nSPS) is 11.9. The van der Waals surface area contributed by atoms with E-state index in [0.29, 0.717) is 0 Å². The zero-order valence-electron chi connectivity index (χ0n) is 30.9. The van der Waals surface area contributed by atoms with Gasteiger partial charge in [0.25, 0.3) is 0 Å². The van der Waals surface area contributed by atoms with Crippen LogP contribution in [0.1, 0.15) is 0 Å². The highest BCUT2D eigenvalue weighted by Crippen LogP contribution is 2.40. The maximum atomic E-state index is 5.41. The van der Waals surface area contributed by atoms with Crippen molar-refractivity contribution < 1.29 is 0 Å². The highest BCUT2D eigenvalue weighted by atomic mass is 15.1. The molecule has 57 heavy (non-hydrogen) atoms. The van der Waals surface area contributed by atoms with Crippen LogP contribution >= 0.6 is 0 Å². The van der Waals surface area contributed by atoms with Crippen molar-refractivity contribution in [2.75, 3.05) is 0 Å². The SMILES string of the molecule is c1ccc(-c2cc(-c3ccccc3)nc(-n3c4ccccc4c4ccc(-n5c6ccccc6c6ccc(-n7c8ccccc8c8ccccc87)cc65)cc43)c2)cc1. The maximum Gasteiger partial charge on any atom is 0.138 e. The van der Waals surface area contributed by atoms with Crippen molar-refractivity contribution in [1.82, 2.24) is 18.7 Å². The summed E-state index contributed by atoms with van der Waals surface area (Å²) < 4.78 is 7.19. The molecule has 0 aliphatic heterocycles. The maximum absolute atomic E-state index is 5.41. The summed E-state index contributed by atoms with van der Waals surface area (Å²) >= 11 is 0. The third-order valence-electron chi connectivity index (χ3n) is 11.6. The van der Waals surface area contributed by atoms with Gasteiger partial charge in [0.15, 0.2) is 0 Å². The molecule has 4 aromatic heterocycles. The number of benzene rings is 8. The van der Waals surface area contributed by atoms with E-state index in [4.69, 9.17) is 4.98 Å². The van der Waals surface area contributed by atoms with E-state index in [9.17, 15) is 0 Å². The van der Waals surface area contributed by atoms with E-state index in [1.54, 1.807) is 0 Å². The van der Waals surface area contributed by atoms with Gasteiger partial charge >= 0.3 is 0 Å². The van der Waals surface area contributed by atoms with Gasteiger partial charge in [0.05, 0.1) is 38.8 Å². The molecule has 0 bridgehead atoms. The van der Waals surface area contributed by atoms with Crippen molar-refractivity contribution in [3.05, 3.63) is 206 Å². The fraction of sp³-hybridized carbons (Fsp3) is 0. The molecule has 0 aliphatic carbocycles. The number of pyridine rings is 1. The Morgan fingerprint density at radius 3 is 1.16 bits per heavy atom. The molecule has 266 valence electrons. The number of nitrogens with zero attached hydrogens (tertiary/aromatic N) is 4. The van der Waals surface area contributed by atoms with Gasteiger partial charge in [0, 0.05) is 49.3 Å². The summed E-state index contributed by atoms with van der Waals surface area (Å²) in [6.45, 7) is 0. The zero-order valence-corrected chi connectivity index (χ0v) is 30.9. The first-order valence-electron chi connectivity index (χ1n) is 19.5. The molecule has 0 saturated heterocycles. The van der Waals surface area contributed by atoms with Gasteiger partial charge in [-0.15, -0.1) is 0 Å². The number of hydrogen-bond acceptors (Lipinski definition) is 1. The first-order chi connectivity index (χ1) is 28.3. The van der Waals surface area contributed by atoms with Crippen molar-refractivity contribution in [3.63, 3.8) is 0 Å². The molecule has 12 aromatic rings. The Kier molecular flexibility index (Phi) is 6.89. The Labute approximate surface area is 328 Å². The summed E-state index contributed by atoms with van der Waals surface area (Å²) in [5.41, 5.74) is 13.5. The quantitative estimate of drug-likeness (QED) is 0.174. The molecule has 4 nitrogen and oxygen atoms in total. The second kappa shape index (κ2) is 12.4. The predicted octanol–water partition coefficient (Wildman–Crippen LogP) is 13.7. The van der Waals surface area contributed by atoms with E-state index in [1.807, 2.05) is 0 Å². The van der Waals surface area contributed by atoms with Crippen molar-refractivity contribution in [2.45, 2.75) is 0 Å². The summed E-state index contributed by atoms with van der Waals surface area (Å²) in [5.74, 6) is 0.884. The molecular formula is C53H34N4. The summed E-state index contributed by atoms with van der Waals surface area (Å²) in [7, 11) is 0. The molecule has 0 unspecified atom stereocenters. The van der Waals surface area contributed by atoms with Crippen LogP contribution in [0, 0.1) is 0 Å². The van der Waals surface area contributed by atoms with E-state index >= 15 is 0 Å². The molecule has 8 aromatic carbocycles. The zero-order chi connectivity index (χ0) is 37.5. The molecule has 4 heterocycles. The highest BCUT2D eigenvalue weighted by molar-refractivity contribution is 6.13. The molecule has 0 aliphatic rings. The van der Waals surface area contributed by atoms with Crippen LogP contribution in [-0.4, -0.2) is 18.7 Å². The molecule has 0 saturated carbocycles. The van der Waals surface area contributed by atoms with E-state index in [0.717, 1.165) is 56.1 Å². The van der Waals surface area contributed by atoms with E-state index < -0.39 is 0 Å². The van der Waals surface area contributed by atoms with Crippen LogP contribution < -0.4 is 0 Å². The largest absolute Gasteiger partial charge is 0.309 e. The lowest BCUT2D eigenvalue weighted by atomic mass is 10.0. The average Bonchev–Trinajstić information content (AvgIpc) is 3.92. The molecule has 0 spiro atoms. The Balaban J connectivity index is 1.13. The van der Waals surface area contributed by atoms with E-state index in [-0.39, 0.29) is 0 Å². The Hall–Kier alpha value is -7.69. The Bertz CT molecular complexity index is 3400. The van der Waals surface area contributed by atoms with Gasteiger partial charge < -0.3 is 9.13 Å². The van der Waals surface area contributed by atoms with Crippen molar-refractivity contribution >= 4 is 65.4 Å². The first-order valence-corrected chi connectivity index (χ1v) is 19.5. The summed E-state index contributed by atoms with van der Waals surface area (Å²) in [6, 6.07) is 74.3. The molecule has 4 heteroatoms. The lowest BCUT2D eigenvalue weighted by molar-refractivity contribution is 1.08. The minimum Gasteiger partial charge on any atom is -0.309 e. The fourth-order valence-corrected chi connectivity index (χ4v) is 9.11. The Morgan fingerprint density at radius 2 is 0.649 bits per heavy atom. The summed E-state index contributed by atoms with van der Waals surface area (Å²) in [6.07, 6.45) is 0. The molecule has 12 rings (SSSR count). The fourth-order valence-electron chi connectivity index (χ4n) is 9.11. The molecule has 0 atom stereocenters. The second-order valence-electron chi connectivity index (χ2n) is 14.8. The molecule has 0 amide bonds. The molecular weight excluding hydrogens is 693 g/mol. The topological polar surface area (TPSA) is 27.7 Å². The van der Waals surface area contributed by atoms with Gasteiger partial charge in [-0.3, -0.25) is 4.57 Å². The molecule has 0 radical (unpaired) electrons. The third-order valence-corrected chi connectivity index (χ3v) is 11.6. The smallest absolute Gasteiger partial charge is 0.138 e. The van der Waals surface area contributed by atoms with Crippen LogP contribution in [-0.2, 0) is 0 Å². The number of aromatic nitrogens is 4. The van der Waals surface area contributed by atoms with Crippen molar-refractivity contribution in [3.8, 4) is 39.6 Å². The lowest BCUT2D eigenvalue weighted by Gasteiger charge is -2.14.